The van der Waals surface area contributed by atoms with Crippen LogP contribution in [-0.2, 0) is 0 Å². The van der Waals surface area contributed by atoms with Crippen molar-refractivity contribution in [2.24, 2.45) is 0 Å². The predicted molar refractivity (Wildman–Crippen MR) is 108 cm³/mol. The first-order chi connectivity index (χ1) is 13.0. The van der Waals surface area contributed by atoms with Gasteiger partial charge in [-0.25, -0.2) is 4.68 Å². The Kier molecular flexibility index (Phi) is 4.38. The molecule has 0 radical (unpaired) electrons. The first kappa shape index (κ1) is 17.2. The van der Waals surface area contributed by atoms with Gasteiger partial charge >= 0.3 is 0 Å². The van der Waals surface area contributed by atoms with Crippen LogP contribution in [0.15, 0.2) is 60.9 Å². The third-order valence-electron chi connectivity index (χ3n) is 4.36. The van der Waals surface area contributed by atoms with Crippen molar-refractivity contribution in [2.45, 2.75) is 13.8 Å². The number of fused-ring (bicyclic) bond motifs is 1. The van der Waals surface area contributed by atoms with Gasteiger partial charge in [0, 0.05) is 22.8 Å². The fourth-order valence-electron chi connectivity index (χ4n) is 3.03. The molecular weight excluding hydrogens is 360 g/mol. The molecule has 0 aliphatic rings. The molecule has 6 heteroatoms. The second-order valence-electron chi connectivity index (χ2n) is 6.38. The molecule has 134 valence electrons. The lowest BCUT2D eigenvalue weighted by molar-refractivity contribution is 0.102. The van der Waals surface area contributed by atoms with Crippen molar-refractivity contribution in [3.8, 4) is 5.69 Å². The van der Waals surface area contributed by atoms with Crippen molar-refractivity contribution in [3.05, 3.63) is 82.8 Å². The number of carbonyl (C=O) groups excluding carboxylic acids is 1. The summed E-state index contributed by atoms with van der Waals surface area (Å²) in [5, 5.41) is 8.65. The maximum absolute atomic E-state index is 13.0. The highest BCUT2D eigenvalue weighted by Crippen LogP contribution is 2.26. The molecule has 0 aliphatic heterocycles. The molecule has 0 unspecified atom stereocenters. The van der Waals surface area contributed by atoms with Gasteiger partial charge in [-0.15, -0.1) is 0 Å². The van der Waals surface area contributed by atoms with E-state index in [1.165, 1.54) is 0 Å². The highest BCUT2D eigenvalue weighted by molar-refractivity contribution is 6.31. The second kappa shape index (κ2) is 6.85. The Labute approximate surface area is 161 Å². The van der Waals surface area contributed by atoms with E-state index in [9.17, 15) is 4.79 Å². The van der Waals surface area contributed by atoms with Crippen molar-refractivity contribution in [1.29, 1.82) is 0 Å². The van der Waals surface area contributed by atoms with E-state index in [0.717, 1.165) is 22.2 Å². The Hall–Kier alpha value is -3.18. The SMILES string of the molecule is Cc1ccc2nc(C)c(C(=O)Nc3cc(Cl)ccc3-n3cccn3)cc2c1. The van der Waals surface area contributed by atoms with E-state index >= 15 is 0 Å². The minimum atomic E-state index is -0.237. The smallest absolute Gasteiger partial charge is 0.257 e. The van der Waals surface area contributed by atoms with E-state index in [-0.39, 0.29) is 5.91 Å². The summed E-state index contributed by atoms with van der Waals surface area (Å²) >= 11 is 6.14. The van der Waals surface area contributed by atoms with Gasteiger partial charge in [-0.3, -0.25) is 9.78 Å². The number of anilines is 1. The highest BCUT2D eigenvalue weighted by atomic mass is 35.5. The normalized spacial score (nSPS) is 10.9. The third-order valence-corrected chi connectivity index (χ3v) is 4.60. The van der Waals surface area contributed by atoms with E-state index in [2.05, 4.69) is 15.4 Å². The summed E-state index contributed by atoms with van der Waals surface area (Å²) in [5.74, 6) is -0.237. The standard InChI is InChI=1S/C21H17ClN4O/c1-13-4-6-18-15(10-13)11-17(14(2)24-18)21(27)25-19-12-16(22)5-7-20(19)26-9-3-8-23-26/h3-12H,1-2H3,(H,25,27). The molecule has 2 aromatic carbocycles. The summed E-state index contributed by atoms with van der Waals surface area (Å²) in [6.45, 7) is 3.85. The number of nitrogens with zero attached hydrogens (tertiary/aromatic N) is 3. The number of aryl methyl sites for hydroxylation is 2. The van der Waals surface area contributed by atoms with Gasteiger partial charge in [0.15, 0.2) is 0 Å². The molecule has 2 heterocycles. The Bertz CT molecular complexity index is 1150. The van der Waals surface area contributed by atoms with E-state index in [1.54, 1.807) is 23.0 Å². The molecule has 1 amide bonds. The molecule has 0 saturated heterocycles. The number of hydrogen-bond acceptors (Lipinski definition) is 3. The number of rotatable bonds is 3. The molecule has 27 heavy (non-hydrogen) atoms. The van der Waals surface area contributed by atoms with Crippen molar-refractivity contribution in [1.82, 2.24) is 14.8 Å². The minimum Gasteiger partial charge on any atom is -0.320 e. The summed E-state index contributed by atoms with van der Waals surface area (Å²) in [6.07, 6.45) is 3.49. The van der Waals surface area contributed by atoms with E-state index in [0.29, 0.717) is 22.0 Å². The van der Waals surface area contributed by atoms with Crippen LogP contribution < -0.4 is 5.32 Å². The summed E-state index contributed by atoms with van der Waals surface area (Å²) in [5.41, 5.74) is 4.51. The van der Waals surface area contributed by atoms with Gasteiger partial charge in [0.05, 0.1) is 28.1 Å². The zero-order valence-electron chi connectivity index (χ0n) is 14.9. The van der Waals surface area contributed by atoms with Crippen LogP contribution in [0.2, 0.25) is 5.02 Å². The maximum atomic E-state index is 13.0. The fourth-order valence-corrected chi connectivity index (χ4v) is 3.20. The lowest BCUT2D eigenvalue weighted by Gasteiger charge is -2.13. The van der Waals surface area contributed by atoms with Gasteiger partial charge in [-0.05, 0) is 56.3 Å². The lowest BCUT2D eigenvalue weighted by atomic mass is 10.1. The zero-order valence-corrected chi connectivity index (χ0v) is 15.7. The summed E-state index contributed by atoms with van der Waals surface area (Å²) in [4.78, 5) is 17.5. The summed E-state index contributed by atoms with van der Waals surface area (Å²) in [7, 11) is 0. The van der Waals surface area contributed by atoms with Gasteiger partial charge in [0.2, 0.25) is 0 Å². The number of benzene rings is 2. The predicted octanol–water partition coefficient (Wildman–Crippen LogP) is 4.94. The average Bonchev–Trinajstić information content (AvgIpc) is 3.16. The number of carbonyl (C=O) groups is 1. The van der Waals surface area contributed by atoms with Crippen LogP contribution in [0.25, 0.3) is 16.6 Å². The number of halogens is 1. The quantitative estimate of drug-likeness (QED) is 0.550. The van der Waals surface area contributed by atoms with E-state index in [4.69, 9.17) is 11.6 Å². The zero-order chi connectivity index (χ0) is 19.0. The van der Waals surface area contributed by atoms with Gasteiger partial charge in [0.25, 0.3) is 5.91 Å². The Balaban J connectivity index is 1.74. The molecule has 0 bridgehead atoms. The Morgan fingerprint density at radius 2 is 1.96 bits per heavy atom. The van der Waals surface area contributed by atoms with Crippen LogP contribution in [-0.4, -0.2) is 20.7 Å². The van der Waals surface area contributed by atoms with Crippen molar-refractivity contribution < 1.29 is 4.79 Å². The van der Waals surface area contributed by atoms with Gasteiger partial charge < -0.3 is 5.32 Å². The molecule has 4 rings (SSSR count). The van der Waals surface area contributed by atoms with E-state index < -0.39 is 0 Å². The summed E-state index contributed by atoms with van der Waals surface area (Å²) < 4.78 is 1.68. The van der Waals surface area contributed by atoms with Crippen LogP contribution in [0.1, 0.15) is 21.6 Å². The van der Waals surface area contributed by atoms with Crippen LogP contribution in [0.3, 0.4) is 0 Å². The molecule has 0 saturated carbocycles. The van der Waals surface area contributed by atoms with Crippen LogP contribution >= 0.6 is 11.6 Å². The molecular formula is C21H17ClN4O. The number of amides is 1. The second-order valence-corrected chi connectivity index (χ2v) is 6.82. The van der Waals surface area contributed by atoms with Crippen LogP contribution in [0, 0.1) is 13.8 Å². The topological polar surface area (TPSA) is 59.8 Å². The molecule has 0 aliphatic carbocycles. The first-order valence-corrected chi connectivity index (χ1v) is 8.88. The highest BCUT2D eigenvalue weighted by Gasteiger charge is 2.15. The summed E-state index contributed by atoms with van der Waals surface area (Å²) in [6, 6.07) is 15.0. The van der Waals surface area contributed by atoms with Crippen molar-refractivity contribution in [2.75, 3.05) is 5.32 Å². The Morgan fingerprint density at radius 3 is 2.74 bits per heavy atom. The van der Waals surface area contributed by atoms with Gasteiger partial charge in [-0.2, -0.15) is 5.10 Å². The number of pyridine rings is 1. The first-order valence-electron chi connectivity index (χ1n) is 8.50. The molecule has 1 N–H and O–H groups in total. The number of hydrogen-bond donors (Lipinski definition) is 1. The molecule has 0 spiro atoms. The molecule has 4 aromatic rings. The lowest BCUT2D eigenvalue weighted by Crippen LogP contribution is -2.16. The molecule has 0 fully saturated rings. The van der Waals surface area contributed by atoms with Gasteiger partial charge in [-0.1, -0.05) is 23.2 Å². The Morgan fingerprint density at radius 1 is 1.11 bits per heavy atom. The van der Waals surface area contributed by atoms with Crippen LogP contribution in [0.4, 0.5) is 5.69 Å². The monoisotopic (exact) mass is 376 g/mol. The maximum Gasteiger partial charge on any atom is 0.257 e. The largest absolute Gasteiger partial charge is 0.320 e. The molecule has 5 nitrogen and oxygen atoms in total. The third kappa shape index (κ3) is 3.41. The van der Waals surface area contributed by atoms with Crippen molar-refractivity contribution in [3.63, 3.8) is 0 Å². The van der Waals surface area contributed by atoms with Gasteiger partial charge in [0.1, 0.15) is 0 Å². The number of aromatic nitrogens is 3. The minimum absolute atomic E-state index is 0.237. The van der Waals surface area contributed by atoms with Crippen LogP contribution in [0.5, 0.6) is 0 Å². The fraction of sp³-hybridized carbons (Fsp3) is 0.0952. The number of nitrogens with one attached hydrogen (secondary N) is 1. The molecule has 2 aromatic heterocycles. The average molecular weight is 377 g/mol. The van der Waals surface area contributed by atoms with Crippen molar-refractivity contribution >= 4 is 34.1 Å². The van der Waals surface area contributed by atoms with E-state index in [1.807, 2.05) is 56.4 Å². The molecule has 0 atom stereocenters.